The Morgan fingerprint density at radius 3 is 2.19 bits per heavy atom. The number of rotatable bonds is 4. The van der Waals surface area contributed by atoms with Gasteiger partial charge in [0, 0.05) is 12.0 Å². The molecule has 2 N–H and O–H groups in total. The highest BCUT2D eigenvalue weighted by Gasteiger charge is 2.22. The summed E-state index contributed by atoms with van der Waals surface area (Å²) in [5.74, 6) is -1.03. The third-order valence-corrected chi connectivity index (χ3v) is 3.18. The second-order valence-corrected chi connectivity index (χ2v) is 4.53. The zero-order chi connectivity index (χ0) is 12.1. The number of hydrogen-bond donors (Lipinski definition) is 2. The van der Waals surface area contributed by atoms with Crippen molar-refractivity contribution in [2.45, 2.75) is 39.0 Å². The van der Waals surface area contributed by atoms with Gasteiger partial charge in [0.15, 0.2) is 0 Å². The summed E-state index contributed by atoms with van der Waals surface area (Å²) in [6.45, 7) is 1.60. The number of carboxylic acid groups (broad SMARTS) is 2. The summed E-state index contributed by atoms with van der Waals surface area (Å²) >= 11 is 0. The maximum atomic E-state index is 10.6. The minimum atomic E-state index is -0.868. The van der Waals surface area contributed by atoms with Crippen LogP contribution in [0.1, 0.15) is 39.0 Å². The molecule has 0 radical (unpaired) electrons. The maximum Gasteiger partial charge on any atom is 0.330 e. The standard InChI is InChI=1S/C12H18O4/c1-8(12(15)16)6-9-2-4-10(5-3-9)7-11(13)14/h6,9-10H,2-5,7H2,1H3,(H,13,14)(H,15,16). The lowest BCUT2D eigenvalue weighted by Gasteiger charge is -2.25. The van der Waals surface area contributed by atoms with Gasteiger partial charge in [0.05, 0.1) is 0 Å². The van der Waals surface area contributed by atoms with E-state index < -0.39 is 11.9 Å². The van der Waals surface area contributed by atoms with Crippen molar-refractivity contribution in [2.75, 3.05) is 0 Å². The average molecular weight is 226 g/mol. The molecule has 1 aliphatic carbocycles. The molecule has 0 bridgehead atoms. The SMILES string of the molecule is CC(=CC1CCC(CC(=O)O)CC1)C(=O)O. The fourth-order valence-electron chi connectivity index (χ4n) is 2.23. The molecule has 1 saturated carbocycles. The fraction of sp³-hybridized carbons (Fsp3) is 0.667. The number of allylic oxidation sites excluding steroid dienone is 1. The first-order valence-electron chi connectivity index (χ1n) is 5.62. The van der Waals surface area contributed by atoms with Crippen molar-refractivity contribution >= 4 is 11.9 Å². The summed E-state index contributed by atoms with van der Waals surface area (Å²) < 4.78 is 0. The number of carbonyl (C=O) groups is 2. The molecule has 0 spiro atoms. The molecule has 1 rings (SSSR count). The summed E-state index contributed by atoms with van der Waals surface area (Å²) in [5.41, 5.74) is 0.390. The molecule has 16 heavy (non-hydrogen) atoms. The van der Waals surface area contributed by atoms with Crippen molar-refractivity contribution in [2.24, 2.45) is 11.8 Å². The van der Waals surface area contributed by atoms with Gasteiger partial charge in [0.25, 0.3) is 0 Å². The van der Waals surface area contributed by atoms with E-state index in [0.29, 0.717) is 11.5 Å². The van der Waals surface area contributed by atoms with Gasteiger partial charge in [-0.3, -0.25) is 4.79 Å². The highest BCUT2D eigenvalue weighted by atomic mass is 16.4. The molecule has 0 amide bonds. The lowest BCUT2D eigenvalue weighted by atomic mass is 9.80. The van der Waals surface area contributed by atoms with Crippen LogP contribution in [0.3, 0.4) is 0 Å². The van der Waals surface area contributed by atoms with Crippen LogP contribution in [0, 0.1) is 11.8 Å². The first-order chi connectivity index (χ1) is 7.49. The molecule has 4 heteroatoms. The molecular formula is C12H18O4. The Morgan fingerprint density at radius 1 is 1.19 bits per heavy atom. The number of carboxylic acids is 2. The molecule has 1 fully saturated rings. The Morgan fingerprint density at radius 2 is 1.75 bits per heavy atom. The molecule has 1 aliphatic rings. The van der Waals surface area contributed by atoms with E-state index in [1.807, 2.05) is 0 Å². The summed E-state index contributed by atoms with van der Waals surface area (Å²) in [5, 5.41) is 17.4. The third-order valence-electron chi connectivity index (χ3n) is 3.18. The smallest absolute Gasteiger partial charge is 0.330 e. The van der Waals surface area contributed by atoms with Gasteiger partial charge in [-0.25, -0.2) is 4.79 Å². The molecule has 0 aromatic carbocycles. The van der Waals surface area contributed by atoms with Crippen LogP contribution in [-0.4, -0.2) is 22.2 Å². The number of hydrogen-bond acceptors (Lipinski definition) is 2. The first-order valence-corrected chi connectivity index (χ1v) is 5.62. The van der Waals surface area contributed by atoms with E-state index in [9.17, 15) is 9.59 Å². The van der Waals surface area contributed by atoms with Crippen LogP contribution in [0.2, 0.25) is 0 Å². The van der Waals surface area contributed by atoms with Gasteiger partial charge >= 0.3 is 11.9 Å². The molecule has 90 valence electrons. The van der Waals surface area contributed by atoms with Crippen molar-refractivity contribution in [3.05, 3.63) is 11.6 Å². The van der Waals surface area contributed by atoms with Crippen molar-refractivity contribution < 1.29 is 19.8 Å². The topological polar surface area (TPSA) is 74.6 Å². The van der Waals surface area contributed by atoms with Crippen LogP contribution in [0.5, 0.6) is 0 Å². The minimum absolute atomic E-state index is 0.244. The van der Waals surface area contributed by atoms with Gasteiger partial charge in [0.2, 0.25) is 0 Å². The lowest BCUT2D eigenvalue weighted by molar-refractivity contribution is -0.138. The van der Waals surface area contributed by atoms with Crippen LogP contribution < -0.4 is 0 Å². The van der Waals surface area contributed by atoms with Crippen molar-refractivity contribution in [3.8, 4) is 0 Å². The van der Waals surface area contributed by atoms with Gasteiger partial charge in [-0.15, -0.1) is 0 Å². The van der Waals surface area contributed by atoms with E-state index in [1.54, 1.807) is 13.0 Å². The molecule has 0 aliphatic heterocycles. The van der Waals surface area contributed by atoms with Crippen LogP contribution in [0.15, 0.2) is 11.6 Å². The Bertz CT molecular complexity index is 298. The van der Waals surface area contributed by atoms with E-state index in [0.717, 1.165) is 25.7 Å². The van der Waals surface area contributed by atoms with E-state index in [2.05, 4.69) is 0 Å². The van der Waals surface area contributed by atoms with Crippen molar-refractivity contribution in [1.82, 2.24) is 0 Å². The predicted molar refractivity (Wildman–Crippen MR) is 59.1 cm³/mol. The third kappa shape index (κ3) is 4.04. The highest BCUT2D eigenvalue weighted by Crippen LogP contribution is 2.32. The second-order valence-electron chi connectivity index (χ2n) is 4.53. The van der Waals surface area contributed by atoms with E-state index in [-0.39, 0.29) is 12.3 Å². The van der Waals surface area contributed by atoms with Crippen molar-refractivity contribution in [3.63, 3.8) is 0 Å². The molecule has 0 atom stereocenters. The normalized spacial score (nSPS) is 26.4. The summed E-state index contributed by atoms with van der Waals surface area (Å²) in [6.07, 6.45) is 5.64. The van der Waals surface area contributed by atoms with Crippen LogP contribution >= 0.6 is 0 Å². The van der Waals surface area contributed by atoms with Crippen LogP contribution in [0.4, 0.5) is 0 Å². The van der Waals surface area contributed by atoms with Gasteiger partial charge in [-0.05, 0) is 44.4 Å². The van der Waals surface area contributed by atoms with Gasteiger partial charge in [-0.2, -0.15) is 0 Å². The average Bonchev–Trinajstić information content (AvgIpc) is 2.20. The largest absolute Gasteiger partial charge is 0.481 e. The number of aliphatic carboxylic acids is 2. The van der Waals surface area contributed by atoms with Crippen molar-refractivity contribution in [1.29, 1.82) is 0 Å². The van der Waals surface area contributed by atoms with Gasteiger partial charge in [-0.1, -0.05) is 6.08 Å². The molecule has 0 unspecified atom stereocenters. The van der Waals surface area contributed by atoms with E-state index >= 15 is 0 Å². The highest BCUT2D eigenvalue weighted by molar-refractivity contribution is 5.85. The zero-order valence-corrected chi connectivity index (χ0v) is 9.48. The zero-order valence-electron chi connectivity index (χ0n) is 9.48. The minimum Gasteiger partial charge on any atom is -0.481 e. The quantitative estimate of drug-likeness (QED) is 0.721. The molecule has 0 aromatic rings. The molecule has 0 heterocycles. The Kier molecular flexibility index (Phi) is 4.52. The van der Waals surface area contributed by atoms with E-state index in [1.165, 1.54) is 0 Å². The molecular weight excluding hydrogens is 208 g/mol. The molecule has 0 aromatic heterocycles. The molecule has 4 nitrogen and oxygen atoms in total. The summed E-state index contributed by atoms with van der Waals surface area (Å²) in [4.78, 5) is 21.2. The predicted octanol–water partition coefficient (Wildman–Crippen LogP) is 2.30. The monoisotopic (exact) mass is 226 g/mol. The maximum absolute atomic E-state index is 10.6. The first kappa shape index (κ1) is 12.7. The van der Waals surface area contributed by atoms with Crippen LogP contribution in [-0.2, 0) is 9.59 Å². The van der Waals surface area contributed by atoms with Gasteiger partial charge in [0.1, 0.15) is 0 Å². The van der Waals surface area contributed by atoms with E-state index in [4.69, 9.17) is 10.2 Å². The Balaban J connectivity index is 2.40. The lowest BCUT2D eigenvalue weighted by Crippen LogP contribution is -2.16. The second kappa shape index (κ2) is 5.68. The van der Waals surface area contributed by atoms with Gasteiger partial charge < -0.3 is 10.2 Å². The fourth-order valence-corrected chi connectivity index (χ4v) is 2.23. The molecule has 0 saturated heterocycles. The van der Waals surface area contributed by atoms with Crippen LogP contribution in [0.25, 0.3) is 0 Å². The summed E-state index contributed by atoms with van der Waals surface area (Å²) in [7, 11) is 0. The Hall–Kier alpha value is -1.32. The summed E-state index contributed by atoms with van der Waals surface area (Å²) in [6, 6.07) is 0. The Labute approximate surface area is 95.0 Å².